The Bertz CT molecular complexity index is 879. The third-order valence-corrected chi connectivity index (χ3v) is 4.07. The molecule has 2 rings (SSSR count). The minimum atomic E-state index is -0.339. The van der Waals surface area contributed by atoms with Gasteiger partial charge in [-0.15, -0.1) is 6.42 Å². The lowest BCUT2D eigenvalue weighted by Gasteiger charge is -2.13. The van der Waals surface area contributed by atoms with Gasteiger partial charge in [0.25, 0.3) is 5.91 Å². The van der Waals surface area contributed by atoms with E-state index >= 15 is 0 Å². The maximum atomic E-state index is 11.8. The van der Waals surface area contributed by atoms with E-state index in [4.69, 9.17) is 32.3 Å². The lowest BCUT2D eigenvalue weighted by molar-refractivity contribution is -0.120. The number of carbonyl (C=O) groups is 1. The summed E-state index contributed by atoms with van der Waals surface area (Å²) >= 11 is 9.22. The van der Waals surface area contributed by atoms with E-state index in [0.29, 0.717) is 38.9 Å². The van der Waals surface area contributed by atoms with Crippen molar-refractivity contribution in [3.8, 4) is 23.8 Å². The predicted molar refractivity (Wildman–Crippen MR) is 113 cm³/mol. The maximum Gasteiger partial charge on any atom is 0.265 e. The summed E-state index contributed by atoms with van der Waals surface area (Å²) in [4.78, 5) is 16.9. The summed E-state index contributed by atoms with van der Waals surface area (Å²) in [7, 11) is 0. The molecule has 1 N–H and O–H groups in total. The minimum absolute atomic E-state index is 0.123. The van der Waals surface area contributed by atoms with Gasteiger partial charge in [-0.25, -0.2) is 0 Å². The standard InChI is InChI=1S/C20H18BrClN2O4/c1-3-9-27-20-17(21)10-14(11-18(20)26-4-2)12-23-28-13-19(25)24-16-7-5-15(22)6-8-16/h1,5-8,10-12H,4,9,13H2,2H3,(H,24,25)/b23-12+. The Morgan fingerprint density at radius 2 is 2.07 bits per heavy atom. The summed E-state index contributed by atoms with van der Waals surface area (Å²) in [6, 6.07) is 10.3. The van der Waals surface area contributed by atoms with Crippen LogP contribution >= 0.6 is 27.5 Å². The van der Waals surface area contributed by atoms with Gasteiger partial charge in [0, 0.05) is 16.3 Å². The summed E-state index contributed by atoms with van der Waals surface area (Å²) in [5.41, 5.74) is 1.32. The number of ether oxygens (including phenoxy) is 2. The van der Waals surface area contributed by atoms with Crippen LogP contribution in [0.5, 0.6) is 11.5 Å². The fourth-order valence-corrected chi connectivity index (χ4v) is 2.80. The van der Waals surface area contributed by atoms with E-state index in [1.54, 1.807) is 36.4 Å². The van der Waals surface area contributed by atoms with E-state index in [2.05, 4.69) is 32.3 Å². The minimum Gasteiger partial charge on any atom is -0.490 e. The number of terminal acetylenes is 1. The highest BCUT2D eigenvalue weighted by Crippen LogP contribution is 2.36. The maximum absolute atomic E-state index is 11.8. The molecule has 0 aromatic heterocycles. The van der Waals surface area contributed by atoms with Crippen molar-refractivity contribution in [2.75, 3.05) is 25.1 Å². The average Bonchev–Trinajstić information content (AvgIpc) is 2.67. The molecule has 0 aliphatic rings. The number of anilines is 1. The smallest absolute Gasteiger partial charge is 0.265 e. The van der Waals surface area contributed by atoms with Crippen LogP contribution in [0.2, 0.25) is 5.02 Å². The van der Waals surface area contributed by atoms with E-state index in [1.165, 1.54) is 6.21 Å². The molecule has 1 amide bonds. The number of rotatable bonds is 9. The quantitative estimate of drug-likeness (QED) is 0.336. The molecule has 6 nitrogen and oxygen atoms in total. The Morgan fingerprint density at radius 1 is 1.32 bits per heavy atom. The second kappa shape index (κ2) is 11.2. The normalized spacial score (nSPS) is 10.4. The molecule has 0 aliphatic carbocycles. The Morgan fingerprint density at radius 3 is 2.75 bits per heavy atom. The van der Waals surface area contributed by atoms with Crippen LogP contribution < -0.4 is 14.8 Å². The summed E-state index contributed by atoms with van der Waals surface area (Å²) in [6.07, 6.45) is 6.70. The fourth-order valence-electron chi connectivity index (χ4n) is 2.10. The molecule has 2 aromatic carbocycles. The van der Waals surface area contributed by atoms with E-state index in [9.17, 15) is 4.79 Å². The summed E-state index contributed by atoms with van der Waals surface area (Å²) in [5.74, 6) is 3.11. The van der Waals surface area contributed by atoms with Crippen LogP contribution in [0, 0.1) is 12.3 Å². The molecule has 0 atom stereocenters. The van der Waals surface area contributed by atoms with Crippen LogP contribution in [0.1, 0.15) is 12.5 Å². The molecule has 8 heteroatoms. The summed E-state index contributed by atoms with van der Waals surface area (Å²) < 4.78 is 11.7. The van der Waals surface area contributed by atoms with Gasteiger partial charge < -0.3 is 19.6 Å². The number of carbonyl (C=O) groups excluding carboxylic acids is 1. The predicted octanol–water partition coefficient (Wildman–Crippen LogP) is 4.50. The molecular formula is C20H18BrClN2O4. The third kappa shape index (κ3) is 6.80. The molecule has 0 radical (unpaired) electrons. The Balaban J connectivity index is 1.94. The molecule has 0 unspecified atom stereocenters. The van der Waals surface area contributed by atoms with Gasteiger partial charge in [0.05, 0.1) is 17.3 Å². The molecule has 2 aromatic rings. The second-order valence-corrected chi connectivity index (χ2v) is 6.61. The van der Waals surface area contributed by atoms with Crippen LogP contribution in [0.4, 0.5) is 5.69 Å². The number of nitrogens with zero attached hydrogens (tertiary/aromatic N) is 1. The average molecular weight is 466 g/mol. The summed E-state index contributed by atoms with van der Waals surface area (Å²) in [5, 5.41) is 7.08. The Hall–Kier alpha value is -2.69. The number of oxime groups is 1. The van der Waals surface area contributed by atoms with Gasteiger partial charge >= 0.3 is 0 Å². The van der Waals surface area contributed by atoms with Gasteiger partial charge in [0.2, 0.25) is 0 Å². The first-order chi connectivity index (χ1) is 13.5. The lowest BCUT2D eigenvalue weighted by Crippen LogP contribution is -2.16. The molecule has 0 fully saturated rings. The van der Waals surface area contributed by atoms with Crippen molar-refractivity contribution in [1.29, 1.82) is 0 Å². The van der Waals surface area contributed by atoms with Gasteiger partial charge in [-0.3, -0.25) is 4.79 Å². The number of benzene rings is 2. The zero-order valence-electron chi connectivity index (χ0n) is 15.1. The van der Waals surface area contributed by atoms with Crippen molar-refractivity contribution in [3.05, 3.63) is 51.5 Å². The molecule has 0 aliphatic heterocycles. The monoisotopic (exact) mass is 464 g/mol. The van der Waals surface area contributed by atoms with Crippen molar-refractivity contribution in [1.82, 2.24) is 0 Å². The number of amides is 1. The first kappa shape index (κ1) is 21.6. The van der Waals surface area contributed by atoms with Crippen molar-refractivity contribution >= 4 is 45.3 Å². The highest BCUT2D eigenvalue weighted by atomic mass is 79.9. The second-order valence-electron chi connectivity index (χ2n) is 5.32. The molecule has 0 saturated heterocycles. The third-order valence-electron chi connectivity index (χ3n) is 3.23. The summed E-state index contributed by atoms with van der Waals surface area (Å²) in [6.45, 7) is 2.21. The van der Waals surface area contributed by atoms with Crippen LogP contribution in [0.3, 0.4) is 0 Å². The van der Waals surface area contributed by atoms with Crippen molar-refractivity contribution < 1.29 is 19.1 Å². The number of nitrogens with one attached hydrogen (secondary N) is 1. The van der Waals surface area contributed by atoms with Crippen LogP contribution in [0.25, 0.3) is 0 Å². The SMILES string of the molecule is C#CCOc1c(Br)cc(/C=N/OCC(=O)Nc2ccc(Cl)cc2)cc1OCC. The number of halogens is 2. The zero-order chi connectivity index (χ0) is 20.4. The largest absolute Gasteiger partial charge is 0.490 e. The Labute approximate surface area is 176 Å². The van der Waals surface area contributed by atoms with E-state index in [-0.39, 0.29) is 19.1 Å². The number of hydrogen-bond acceptors (Lipinski definition) is 5. The topological polar surface area (TPSA) is 69.2 Å². The highest BCUT2D eigenvalue weighted by Gasteiger charge is 2.11. The van der Waals surface area contributed by atoms with E-state index in [0.717, 1.165) is 0 Å². The fraction of sp³-hybridized carbons (Fsp3) is 0.200. The number of hydrogen-bond donors (Lipinski definition) is 1. The van der Waals surface area contributed by atoms with Crippen LogP contribution in [-0.2, 0) is 9.63 Å². The van der Waals surface area contributed by atoms with Gasteiger partial charge in [0.1, 0.15) is 6.61 Å². The Kier molecular flexibility index (Phi) is 8.66. The van der Waals surface area contributed by atoms with Crippen molar-refractivity contribution in [2.24, 2.45) is 5.16 Å². The van der Waals surface area contributed by atoms with Crippen molar-refractivity contribution in [2.45, 2.75) is 6.92 Å². The van der Waals surface area contributed by atoms with Gasteiger partial charge in [0.15, 0.2) is 18.1 Å². The van der Waals surface area contributed by atoms with Crippen molar-refractivity contribution in [3.63, 3.8) is 0 Å². The first-order valence-electron chi connectivity index (χ1n) is 8.26. The van der Waals surface area contributed by atoms with Gasteiger partial charge in [-0.05, 0) is 59.3 Å². The van der Waals surface area contributed by atoms with Crippen LogP contribution in [0.15, 0.2) is 46.0 Å². The van der Waals surface area contributed by atoms with Gasteiger partial charge in [-0.2, -0.15) is 0 Å². The lowest BCUT2D eigenvalue weighted by atomic mass is 10.2. The molecule has 0 bridgehead atoms. The molecule has 0 heterocycles. The van der Waals surface area contributed by atoms with Crippen LogP contribution in [-0.4, -0.2) is 31.9 Å². The molecule has 0 spiro atoms. The highest BCUT2D eigenvalue weighted by molar-refractivity contribution is 9.10. The van der Waals surface area contributed by atoms with E-state index in [1.807, 2.05) is 6.92 Å². The van der Waals surface area contributed by atoms with Gasteiger partial charge in [-0.1, -0.05) is 22.7 Å². The van der Waals surface area contributed by atoms with E-state index < -0.39 is 0 Å². The molecule has 0 saturated carbocycles. The molecular weight excluding hydrogens is 448 g/mol. The first-order valence-corrected chi connectivity index (χ1v) is 9.44. The molecule has 28 heavy (non-hydrogen) atoms. The molecule has 146 valence electrons. The zero-order valence-corrected chi connectivity index (χ0v) is 17.4.